The molecular formula is C17H19N3O5. The van der Waals surface area contributed by atoms with Crippen LogP contribution in [-0.2, 0) is 16.0 Å². The summed E-state index contributed by atoms with van der Waals surface area (Å²) in [6.07, 6.45) is 2.16. The van der Waals surface area contributed by atoms with Gasteiger partial charge in [-0.25, -0.2) is 4.79 Å². The maximum atomic E-state index is 11.8. The van der Waals surface area contributed by atoms with E-state index in [9.17, 15) is 9.59 Å². The van der Waals surface area contributed by atoms with Gasteiger partial charge in [-0.3, -0.25) is 4.79 Å². The molecule has 0 atom stereocenters. The summed E-state index contributed by atoms with van der Waals surface area (Å²) in [7, 11) is 1.60. The van der Waals surface area contributed by atoms with Gasteiger partial charge in [-0.15, -0.1) is 0 Å². The number of ether oxygens (including phenoxy) is 1. The second-order valence-corrected chi connectivity index (χ2v) is 6.03. The summed E-state index contributed by atoms with van der Waals surface area (Å²) in [4.78, 5) is 27.2. The Morgan fingerprint density at radius 1 is 1.32 bits per heavy atom. The lowest BCUT2D eigenvalue weighted by molar-refractivity contribution is -0.143. The number of amides is 1. The number of carboxylic acid groups (broad SMARTS) is 1. The molecule has 1 heterocycles. The minimum absolute atomic E-state index is 0.218. The van der Waals surface area contributed by atoms with Crippen molar-refractivity contribution in [1.29, 1.82) is 0 Å². The molecule has 1 aliphatic rings. The molecule has 25 heavy (non-hydrogen) atoms. The first kappa shape index (κ1) is 16.9. The number of rotatable bonds is 8. The van der Waals surface area contributed by atoms with Crippen molar-refractivity contribution in [3.8, 4) is 17.1 Å². The first-order valence-corrected chi connectivity index (χ1v) is 8.04. The Hall–Kier alpha value is -2.90. The van der Waals surface area contributed by atoms with Crippen molar-refractivity contribution >= 4 is 11.9 Å². The SMILES string of the molecule is COc1ccc(-c2noc(CCCC(=O)NC3(C(=O)O)CC3)n2)cc1. The number of carboxylic acids is 1. The number of aromatic nitrogens is 2. The molecule has 1 aromatic heterocycles. The zero-order valence-corrected chi connectivity index (χ0v) is 13.8. The van der Waals surface area contributed by atoms with Crippen molar-refractivity contribution in [3.63, 3.8) is 0 Å². The van der Waals surface area contributed by atoms with E-state index in [1.807, 2.05) is 24.3 Å². The molecule has 0 aliphatic heterocycles. The van der Waals surface area contributed by atoms with E-state index in [1.54, 1.807) is 7.11 Å². The van der Waals surface area contributed by atoms with Crippen LogP contribution in [0.1, 0.15) is 31.6 Å². The van der Waals surface area contributed by atoms with Crippen LogP contribution in [0.3, 0.4) is 0 Å². The molecule has 1 aliphatic carbocycles. The van der Waals surface area contributed by atoms with Crippen LogP contribution in [-0.4, -0.2) is 39.8 Å². The second kappa shape index (κ2) is 6.92. The Labute approximate surface area is 144 Å². The van der Waals surface area contributed by atoms with Crippen molar-refractivity contribution in [2.75, 3.05) is 7.11 Å². The number of benzene rings is 1. The largest absolute Gasteiger partial charge is 0.497 e. The number of carbonyl (C=O) groups excluding carboxylic acids is 1. The van der Waals surface area contributed by atoms with Crippen molar-refractivity contribution in [2.24, 2.45) is 0 Å². The molecule has 0 bridgehead atoms. The molecule has 3 rings (SSSR count). The second-order valence-electron chi connectivity index (χ2n) is 6.03. The van der Waals surface area contributed by atoms with Gasteiger partial charge in [0.15, 0.2) is 0 Å². The van der Waals surface area contributed by atoms with Crippen LogP contribution in [0.15, 0.2) is 28.8 Å². The fourth-order valence-electron chi connectivity index (χ4n) is 2.46. The molecule has 0 spiro atoms. The molecule has 132 valence electrons. The number of carbonyl (C=O) groups is 2. The molecule has 0 saturated heterocycles. The van der Waals surface area contributed by atoms with Crippen LogP contribution in [0, 0.1) is 0 Å². The van der Waals surface area contributed by atoms with Gasteiger partial charge in [0.1, 0.15) is 11.3 Å². The lowest BCUT2D eigenvalue weighted by Crippen LogP contribution is -2.42. The van der Waals surface area contributed by atoms with Gasteiger partial charge >= 0.3 is 5.97 Å². The molecule has 2 aromatic rings. The van der Waals surface area contributed by atoms with E-state index < -0.39 is 11.5 Å². The average Bonchev–Trinajstić information content (AvgIpc) is 3.24. The summed E-state index contributed by atoms with van der Waals surface area (Å²) in [5.41, 5.74) is -0.228. The number of methoxy groups -OCH3 is 1. The molecule has 1 aromatic carbocycles. The molecule has 1 amide bonds. The number of hydrogen-bond acceptors (Lipinski definition) is 6. The van der Waals surface area contributed by atoms with Crippen molar-refractivity contribution in [1.82, 2.24) is 15.5 Å². The summed E-state index contributed by atoms with van der Waals surface area (Å²) in [6, 6.07) is 7.29. The highest BCUT2D eigenvalue weighted by molar-refractivity contribution is 5.89. The summed E-state index contributed by atoms with van der Waals surface area (Å²) in [6.45, 7) is 0. The predicted octanol–water partition coefficient (Wildman–Crippen LogP) is 1.80. The summed E-state index contributed by atoms with van der Waals surface area (Å²) in [5.74, 6) is 0.424. The minimum atomic E-state index is -1.04. The number of aryl methyl sites for hydroxylation is 1. The van der Waals surface area contributed by atoms with Crippen molar-refractivity contribution in [2.45, 2.75) is 37.6 Å². The van der Waals surface area contributed by atoms with E-state index >= 15 is 0 Å². The van der Waals surface area contributed by atoms with E-state index in [0.717, 1.165) is 11.3 Å². The third-order valence-electron chi connectivity index (χ3n) is 4.15. The fourth-order valence-corrected chi connectivity index (χ4v) is 2.46. The van der Waals surface area contributed by atoms with Crippen LogP contribution in [0.2, 0.25) is 0 Å². The lowest BCUT2D eigenvalue weighted by Gasteiger charge is -2.11. The Kier molecular flexibility index (Phi) is 4.69. The molecule has 0 unspecified atom stereocenters. The molecule has 8 heteroatoms. The summed E-state index contributed by atoms with van der Waals surface area (Å²) in [5, 5.41) is 15.5. The number of nitrogens with zero attached hydrogens (tertiary/aromatic N) is 2. The van der Waals surface area contributed by atoms with Crippen LogP contribution >= 0.6 is 0 Å². The number of nitrogens with one attached hydrogen (secondary N) is 1. The van der Waals surface area contributed by atoms with Crippen LogP contribution in [0.4, 0.5) is 0 Å². The monoisotopic (exact) mass is 345 g/mol. The third kappa shape index (κ3) is 3.96. The van der Waals surface area contributed by atoms with Crippen molar-refractivity contribution in [3.05, 3.63) is 30.2 Å². The molecule has 0 radical (unpaired) electrons. The van der Waals surface area contributed by atoms with Crippen LogP contribution in [0.5, 0.6) is 5.75 Å². The Morgan fingerprint density at radius 2 is 2.04 bits per heavy atom. The van der Waals surface area contributed by atoms with Crippen molar-refractivity contribution < 1.29 is 24.0 Å². The Morgan fingerprint density at radius 3 is 2.64 bits per heavy atom. The predicted molar refractivity (Wildman–Crippen MR) is 87.0 cm³/mol. The zero-order chi connectivity index (χ0) is 17.9. The quantitative estimate of drug-likeness (QED) is 0.749. The van der Waals surface area contributed by atoms with Gasteiger partial charge in [-0.1, -0.05) is 5.16 Å². The van der Waals surface area contributed by atoms with E-state index in [4.69, 9.17) is 14.4 Å². The molecule has 1 saturated carbocycles. The third-order valence-corrected chi connectivity index (χ3v) is 4.15. The first-order chi connectivity index (χ1) is 12.0. The van der Waals surface area contributed by atoms with Gasteiger partial charge in [-0.2, -0.15) is 4.98 Å². The maximum Gasteiger partial charge on any atom is 0.329 e. The summed E-state index contributed by atoms with van der Waals surface area (Å²) < 4.78 is 10.3. The Bertz CT molecular complexity index is 765. The smallest absolute Gasteiger partial charge is 0.329 e. The zero-order valence-electron chi connectivity index (χ0n) is 13.8. The highest BCUT2D eigenvalue weighted by Crippen LogP contribution is 2.35. The molecule has 1 fully saturated rings. The van der Waals surface area contributed by atoms with Gasteiger partial charge in [0.25, 0.3) is 0 Å². The standard InChI is InChI=1S/C17H19N3O5/c1-24-12-7-5-11(6-8-12)15-18-14(25-20-15)4-2-3-13(21)19-17(9-10-17)16(22)23/h5-8H,2-4,9-10H2,1H3,(H,19,21)(H,22,23). The highest BCUT2D eigenvalue weighted by Gasteiger charge is 2.51. The van der Waals surface area contributed by atoms with Crippen LogP contribution in [0.25, 0.3) is 11.4 Å². The van der Waals surface area contributed by atoms with E-state index in [0.29, 0.717) is 37.4 Å². The van der Waals surface area contributed by atoms with Crippen LogP contribution < -0.4 is 10.1 Å². The fraction of sp³-hybridized carbons (Fsp3) is 0.412. The van der Waals surface area contributed by atoms with Gasteiger partial charge < -0.3 is 19.7 Å². The summed E-state index contributed by atoms with van der Waals surface area (Å²) >= 11 is 0. The normalized spacial score (nSPS) is 14.8. The van der Waals surface area contributed by atoms with Gasteiger partial charge in [-0.05, 0) is 43.5 Å². The Balaban J connectivity index is 1.48. The van der Waals surface area contributed by atoms with E-state index in [-0.39, 0.29) is 12.3 Å². The topological polar surface area (TPSA) is 115 Å². The molecule has 8 nitrogen and oxygen atoms in total. The highest BCUT2D eigenvalue weighted by atomic mass is 16.5. The lowest BCUT2D eigenvalue weighted by atomic mass is 10.2. The van der Waals surface area contributed by atoms with E-state index in [2.05, 4.69) is 15.5 Å². The molecule has 2 N–H and O–H groups in total. The molecular weight excluding hydrogens is 326 g/mol. The number of aliphatic carboxylic acids is 1. The van der Waals surface area contributed by atoms with E-state index in [1.165, 1.54) is 0 Å². The minimum Gasteiger partial charge on any atom is -0.497 e. The maximum absolute atomic E-state index is 11.8. The first-order valence-electron chi connectivity index (χ1n) is 8.04. The van der Waals surface area contributed by atoms with Gasteiger partial charge in [0.2, 0.25) is 17.6 Å². The average molecular weight is 345 g/mol. The number of hydrogen-bond donors (Lipinski definition) is 2. The van der Waals surface area contributed by atoms with Gasteiger partial charge in [0, 0.05) is 18.4 Å². The van der Waals surface area contributed by atoms with Gasteiger partial charge in [0.05, 0.1) is 7.11 Å².